The third-order valence-corrected chi connectivity index (χ3v) is 10.8. The summed E-state index contributed by atoms with van der Waals surface area (Å²) in [6.07, 6.45) is 0. The molecule has 0 radical (unpaired) electrons. The average molecular weight is 685 g/mol. The van der Waals surface area contributed by atoms with Crippen LogP contribution in [0, 0.1) is 0 Å². The molecular weight excluding hydrogens is 649 g/mol. The first kappa shape index (κ1) is 31.7. The Hall–Kier alpha value is -7.02. The largest absolute Gasteiger partial charge is 0.0622 e. The molecule has 0 aliphatic rings. The maximum Gasteiger partial charge on any atom is -0.00928 e. The lowest BCUT2D eigenvalue weighted by molar-refractivity contribution is 1.59. The fourth-order valence-electron chi connectivity index (χ4n) is 8.07. The molecule has 10 aromatic rings. The van der Waals surface area contributed by atoms with Crippen LogP contribution in [0.1, 0.15) is 0 Å². The predicted octanol–water partition coefficient (Wildman–Crippen LogP) is 15.1. The summed E-state index contributed by atoms with van der Waals surface area (Å²) >= 11 is 0. The summed E-state index contributed by atoms with van der Waals surface area (Å²) in [5, 5.41) is 7.58. The molecule has 0 bridgehead atoms. The second-order valence-corrected chi connectivity index (χ2v) is 14.1. The summed E-state index contributed by atoms with van der Waals surface area (Å²) in [4.78, 5) is 0. The van der Waals surface area contributed by atoms with Crippen molar-refractivity contribution >= 4 is 32.3 Å². The van der Waals surface area contributed by atoms with Crippen LogP contribution in [0.4, 0.5) is 0 Å². The molecule has 54 heavy (non-hydrogen) atoms. The Balaban J connectivity index is 1.17. The lowest BCUT2D eigenvalue weighted by Crippen LogP contribution is -1.89. The van der Waals surface area contributed by atoms with E-state index in [1.165, 1.54) is 99.1 Å². The van der Waals surface area contributed by atoms with E-state index in [0.717, 1.165) is 0 Å². The highest BCUT2D eigenvalue weighted by atomic mass is 14.2. The zero-order valence-corrected chi connectivity index (χ0v) is 29.8. The quantitative estimate of drug-likeness (QED) is 0.153. The molecule has 0 aliphatic carbocycles. The van der Waals surface area contributed by atoms with Gasteiger partial charge in [0, 0.05) is 0 Å². The maximum absolute atomic E-state index is 2.40. The minimum atomic E-state index is 1.22. The van der Waals surface area contributed by atoms with Gasteiger partial charge in [0.15, 0.2) is 0 Å². The summed E-state index contributed by atoms with van der Waals surface area (Å²) in [6.45, 7) is 0. The van der Waals surface area contributed by atoms with Crippen LogP contribution in [-0.4, -0.2) is 0 Å². The van der Waals surface area contributed by atoms with Crippen LogP contribution in [0.15, 0.2) is 218 Å². The van der Waals surface area contributed by atoms with Crippen molar-refractivity contribution in [2.45, 2.75) is 0 Å². The summed E-state index contributed by atoms with van der Waals surface area (Å²) < 4.78 is 0. The summed E-state index contributed by atoms with van der Waals surface area (Å²) in [7, 11) is 0. The maximum atomic E-state index is 2.40. The van der Waals surface area contributed by atoms with Crippen molar-refractivity contribution in [3.8, 4) is 66.8 Å². The number of fused-ring (bicyclic) bond motifs is 6. The fourth-order valence-corrected chi connectivity index (χ4v) is 8.07. The van der Waals surface area contributed by atoms with Gasteiger partial charge >= 0.3 is 0 Å². The molecule has 0 heteroatoms. The van der Waals surface area contributed by atoms with Gasteiger partial charge in [-0.05, 0) is 135 Å². The van der Waals surface area contributed by atoms with Crippen molar-refractivity contribution in [1.29, 1.82) is 0 Å². The second-order valence-electron chi connectivity index (χ2n) is 14.1. The van der Waals surface area contributed by atoms with Crippen LogP contribution in [-0.2, 0) is 0 Å². The van der Waals surface area contributed by atoms with E-state index in [-0.39, 0.29) is 0 Å². The van der Waals surface area contributed by atoms with E-state index in [2.05, 4.69) is 218 Å². The van der Waals surface area contributed by atoms with Gasteiger partial charge in [0.05, 0.1) is 0 Å². The first-order chi connectivity index (χ1) is 26.7. The van der Waals surface area contributed by atoms with Gasteiger partial charge in [0.1, 0.15) is 0 Å². The van der Waals surface area contributed by atoms with Crippen molar-refractivity contribution in [3.63, 3.8) is 0 Å². The van der Waals surface area contributed by atoms with Crippen LogP contribution in [0.3, 0.4) is 0 Å². The Bertz CT molecular complexity index is 2600. The van der Waals surface area contributed by atoms with E-state index in [0.29, 0.717) is 0 Å². The van der Waals surface area contributed by atoms with E-state index >= 15 is 0 Å². The van der Waals surface area contributed by atoms with Crippen LogP contribution in [0.5, 0.6) is 0 Å². The van der Waals surface area contributed by atoms with Crippen LogP contribution < -0.4 is 0 Å². The minimum absolute atomic E-state index is 1.22. The topological polar surface area (TPSA) is 0 Å². The molecular formula is C54H36. The minimum Gasteiger partial charge on any atom is -0.0622 e. The van der Waals surface area contributed by atoms with E-state index in [9.17, 15) is 0 Å². The molecule has 10 rings (SSSR count). The highest BCUT2D eigenvalue weighted by Crippen LogP contribution is 2.41. The van der Waals surface area contributed by atoms with Gasteiger partial charge in [0.25, 0.3) is 0 Å². The van der Waals surface area contributed by atoms with Crippen molar-refractivity contribution < 1.29 is 0 Å². The number of benzene rings is 10. The van der Waals surface area contributed by atoms with Crippen molar-refractivity contribution in [1.82, 2.24) is 0 Å². The Morgan fingerprint density at radius 2 is 0.352 bits per heavy atom. The molecule has 0 N–H and O–H groups in total. The zero-order valence-electron chi connectivity index (χ0n) is 29.8. The lowest BCUT2D eigenvalue weighted by Gasteiger charge is -2.15. The van der Waals surface area contributed by atoms with Gasteiger partial charge in [-0.15, -0.1) is 0 Å². The summed E-state index contributed by atoms with van der Waals surface area (Å²) in [6, 6.07) is 79.8. The third kappa shape index (κ3) is 5.85. The Morgan fingerprint density at radius 3 is 0.630 bits per heavy atom. The molecule has 0 aliphatic heterocycles. The number of hydrogen-bond acceptors (Lipinski definition) is 0. The monoisotopic (exact) mass is 684 g/mol. The Kier molecular flexibility index (Phi) is 7.93. The smallest absolute Gasteiger partial charge is 0.00928 e. The van der Waals surface area contributed by atoms with E-state index in [1.807, 2.05) is 0 Å². The second kappa shape index (κ2) is 13.5. The molecule has 0 unspecified atom stereocenters. The average Bonchev–Trinajstić information content (AvgIpc) is 3.27. The summed E-state index contributed by atoms with van der Waals surface area (Å²) in [5.41, 5.74) is 14.6. The van der Waals surface area contributed by atoms with Gasteiger partial charge in [-0.2, -0.15) is 0 Å². The Labute approximate surface area is 316 Å². The standard InChI is InChI=1S/C54H36/c1-4-13-37(14-5-1)40-19-10-22-43(31-40)46-25-28-49-52(34-46)50-29-26-47(44-23-11-20-41(32-44)38-15-6-2-7-16-38)36-54(50)51-30-27-48(35-53(49)51)45-24-12-21-42(33-45)39-17-8-3-9-18-39/h1-36H. The number of rotatable bonds is 6. The SMILES string of the molecule is c1ccc(-c2cccc(-c3ccc4c(c3)c3ccc(-c5cccc(-c6ccccc6)c5)cc3c3ccc(-c5cccc(-c6ccccc6)c5)cc43)c2)cc1. The van der Waals surface area contributed by atoms with Crippen LogP contribution in [0.25, 0.3) is 99.1 Å². The van der Waals surface area contributed by atoms with E-state index < -0.39 is 0 Å². The summed E-state index contributed by atoms with van der Waals surface area (Å²) in [5.74, 6) is 0. The van der Waals surface area contributed by atoms with Crippen molar-refractivity contribution in [2.24, 2.45) is 0 Å². The van der Waals surface area contributed by atoms with Crippen LogP contribution in [0.2, 0.25) is 0 Å². The molecule has 0 nitrogen and oxygen atoms in total. The molecule has 0 heterocycles. The molecule has 0 spiro atoms. The molecule has 0 amide bonds. The molecule has 0 saturated carbocycles. The van der Waals surface area contributed by atoms with Crippen molar-refractivity contribution in [3.05, 3.63) is 218 Å². The molecule has 0 saturated heterocycles. The normalized spacial score (nSPS) is 11.3. The molecule has 0 aromatic heterocycles. The molecule has 252 valence electrons. The fraction of sp³-hybridized carbons (Fsp3) is 0. The first-order valence-electron chi connectivity index (χ1n) is 18.7. The third-order valence-electron chi connectivity index (χ3n) is 10.8. The molecule has 0 atom stereocenters. The van der Waals surface area contributed by atoms with E-state index in [4.69, 9.17) is 0 Å². The van der Waals surface area contributed by atoms with Gasteiger partial charge in [-0.1, -0.05) is 182 Å². The predicted molar refractivity (Wildman–Crippen MR) is 232 cm³/mol. The van der Waals surface area contributed by atoms with E-state index in [1.54, 1.807) is 0 Å². The molecule has 10 aromatic carbocycles. The van der Waals surface area contributed by atoms with Crippen molar-refractivity contribution in [2.75, 3.05) is 0 Å². The van der Waals surface area contributed by atoms with Gasteiger partial charge < -0.3 is 0 Å². The zero-order chi connectivity index (χ0) is 35.8. The highest BCUT2D eigenvalue weighted by Gasteiger charge is 2.14. The van der Waals surface area contributed by atoms with Gasteiger partial charge in [0.2, 0.25) is 0 Å². The number of hydrogen-bond donors (Lipinski definition) is 0. The van der Waals surface area contributed by atoms with Gasteiger partial charge in [-0.3, -0.25) is 0 Å². The molecule has 0 fully saturated rings. The first-order valence-corrected chi connectivity index (χ1v) is 18.7. The van der Waals surface area contributed by atoms with Crippen LogP contribution >= 0.6 is 0 Å². The highest BCUT2D eigenvalue weighted by molar-refractivity contribution is 6.26. The lowest BCUT2D eigenvalue weighted by atomic mass is 9.88. The van der Waals surface area contributed by atoms with Gasteiger partial charge in [-0.25, -0.2) is 0 Å². The Morgan fingerprint density at radius 1 is 0.130 bits per heavy atom.